The molecule has 0 amide bonds. The molecule has 2 heteroatoms. The van der Waals surface area contributed by atoms with Gasteiger partial charge >= 0.3 is 0 Å². The highest BCUT2D eigenvalue weighted by molar-refractivity contribution is 4.97. The summed E-state index contributed by atoms with van der Waals surface area (Å²) in [6.45, 7) is 9.47. The standard InChI is InChI=1S/C40H80N2/c1-4-7-10-13-15-17-19-21-22-24-26-28-30-32-35-40-41(36-33-12-9-6-3)38-39-42(40)37-34-31-29-27-25-23-20-18-16-14-11-8-5-2/h38-40H,4-37H2,1-3H3. The van der Waals surface area contributed by atoms with Gasteiger partial charge in [0.05, 0.1) is 0 Å². The van der Waals surface area contributed by atoms with Crippen LogP contribution in [0.3, 0.4) is 0 Å². The van der Waals surface area contributed by atoms with Crippen LogP contribution >= 0.6 is 0 Å². The van der Waals surface area contributed by atoms with Crippen LogP contribution in [-0.2, 0) is 0 Å². The average molecular weight is 589 g/mol. The van der Waals surface area contributed by atoms with Gasteiger partial charge in [-0.05, 0) is 25.7 Å². The minimum Gasteiger partial charge on any atom is -0.356 e. The molecule has 0 aromatic carbocycles. The predicted octanol–water partition coefficient (Wildman–Crippen LogP) is 13.9. The second kappa shape index (κ2) is 31.8. The Morgan fingerprint density at radius 1 is 0.310 bits per heavy atom. The molecule has 1 heterocycles. The molecular weight excluding hydrogens is 508 g/mol. The molecule has 1 aliphatic heterocycles. The molecule has 1 atom stereocenters. The summed E-state index contributed by atoms with van der Waals surface area (Å²) in [5.41, 5.74) is 0. The average Bonchev–Trinajstić information content (AvgIpc) is 3.38. The van der Waals surface area contributed by atoms with E-state index in [-0.39, 0.29) is 0 Å². The van der Waals surface area contributed by atoms with Gasteiger partial charge in [0.25, 0.3) is 0 Å². The predicted molar refractivity (Wildman–Crippen MR) is 191 cm³/mol. The second-order valence-electron chi connectivity index (χ2n) is 13.9. The minimum atomic E-state index is 0.640. The molecule has 0 saturated carbocycles. The Hall–Kier alpha value is -0.660. The minimum absolute atomic E-state index is 0.640. The molecule has 0 aromatic rings. The summed E-state index contributed by atoms with van der Waals surface area (Å²) in [5.74, 6) is 0. The lowest BCUT2D eigenvalue weighted by molar-refractivity contribution is 0.135. The van der Waals surface area contributed by atoms with Crippen LogP contribution in [0.4, 0.5) is 0 Å². The molecule has 250 valence electrons. The number of hydrogen-bond donors (Lipinski definition) is 0. The first-order valence-corrected chi connectivity index (χ1v) is 20.0. The lowest BCUT2D eigenvalue weighted by Crippen LogP contribution is -2.39. The largest absolute Gasteiger partial charge is 0.356 e. The summed E-state index contributed by atoms with van der Waals surface area (Å²) >= 11 is 0. The fraction of sp³-hybridized carbons (Fsp3) is 0.950. The molecule has 0 aromatic heterocycles. The van der Waals surface area contributed by atoms with Gasteiger partial charge in [-0.1, -0.05) is 201 Å². The van der Waals surface area contributed by atoms with Gasteiger partial charge in [-0.2, -0.15) is 0 Å². The Morgan fingerprint density at radius 2 is 0.548 bits per heavy atom. The first kappa shape index (κ1) is 39.4. The topological polar surface area (TPSA) is 6.48 Å². The Labute approximate surface area is 267 Å². The van der Waals surface area contributed by atoms with Gasteiger partial charge in [0, 0.05) is 25.5 Å². The van der Waals surface area contributed by atoms with Crippen molar-refractivity contribution < 1.29 is 0 Å². The first-order valence-electron chi connectivity index (χ1n) is 20.0. The molecular formula is C40H80N2. The Morgan fingerprint density at radius 3 is 0.857 bits per heavy atom. The third kappa shape index (κ3) is 23.8. The van der Waals surface area contributed by atoms with Gasteiger partial charge < -0.3 is 9.80 Å². The van der Waals surface area contributed by atoms with Crippen LogP contribution in [0.1, 0.15) is 226 Å². The van der Waals surface area contributed by atoms with Gasteiger partial charge in [-0.15, -0.1) is 0 Å². The van der Waals surface area contributed by atoms with Crippen molar-refractivity contribution in [3.05, 3.63) is 12.4 Å². The van der Waals surface area contributed by atoms with Crippen molar-refractivity contribution in [2.45, 2.75) is 232 Å². The van der Waals surface area contributed by atoms with Crippen LogP contribution in [0.15, 0.2) is 12.4 Å². The van der Waals surface area contributed by atoms with Gasteiger partial charge in [-0.3, -0.25) is 0 Å². The van der Waals surface area contributed by atoms with Crippen LogP contribution in [0.25, 0.3) is 0 Å². The van der Waals surface area contributed by atoms with Gasteiger partial charge in [0.15, 0.2) is 0 Å². The van der Waals surface area contributed by atoms with Gasteiger partial charge in [-0.25, -0.2) is 0 Å². The van der Waals surface area contributed by atoms with Crippen LogP contribution in [-0.4, -0.2) is 29.1 Å². The highest BCUT2D eigenvalue weighted by atomic mass is 15.4. The van der Waals surface area contributed by atoms with E-state index in [9.17, 15) is 0 Å². The maximum absolute atomic E-state index is 2.71. The molecule has 0 bridgehead atoms. The smallest absolute Gasteiger partial charge is 0.101 e. The quantitative estimate of drug-likeness (QED) is 0.0690. The van der Waals surface area contributed by atoms with Crippen molar-refractivity contribution >= 4 is 0 Å². The van der Waals surface area contributed by atoms with E-state index >= 15 is 0 Å². The van der Waals surface area contributed by atoms with Crippen molar-refractivity contribution in [1.29, 1.82) is 0 Å². The molecule has 2 nitrogen and oxygen atoms in total. The van der Waals surface area contributed by atoms with E-state index in [0.29, 0.717) is 6.17 Å². The number of hydrogen-bond acceptors (Lipinski definition) is 2. The van der Waals surface area contributed by atoms with Gasteiger partial charge in [0.2, 0.25) is 0 Å². The lowest BCUT2D eigenvalue weighted by atomic mass is 10.0. The van der Waals surface area contributed by atoms with Crippen molar-refractivity contribution in [3.8, 4) is 0 Å². The van der Waals surface area contributed by atoms with Crippen LogP contribution in [0.5, 0.6) is 0 Å². The molecule has 0 fully saturated rings. The Balaban J connectivity index is 2.11. The Bertz CT molecular complexity index is 544. The molecule has 1 rings (SSSR count). The van der Waals surface area contributed by atoms with E-state index < -0.39 is 0 Å². The maximum Gasteiger partial charge on any atom is 0.101 e. The van der Waals surface area contributed by atoms with Crippen molar-refractivity contribution in [2.24, 2.45) is 0 Å². The van der Waals surface area contributed by atoms with Crippen molar-refractivity contribution in [1.82, 2.24) is 9.80 Å². The highest BCUT2D eigenvalue weighted by Gasteiger charge is 2.24. The van der Waals surface area contributed by atoms with Crippen LogP contribution in [0, 0.1) is 0 Å². The van der Waals surface area contributed by atoms with Crippen LogP contribution < -0.4 is 0 Å². The summed E-state index contributed by atoms with van der Waals surface area (Å²) in [4.78, 5) is 5.40. The Kier molecular flexibility index (Phi) is 29.8. The van der Waals surface area contributed by atoms with Crippen LogP contribution in [0.2, 0.25) is 0 Å². The molecule has 0 radical (unpaired) electrons. The zero-order valence-corrected chi connectivity index (χ0v) is 29.7. The maximum atomic E-state index is 2.71. The molecule has 0 spiro atoms. The van der Waals surface area contributed by atoms with E-state index in [1.807, 2.05) is 0 Å². The summed E-state index contributed by atoms with van der Waals surface area (Å²) in [7, 11) is 0. The van der Waals surface area contributed by atoms with E-state index in [1.165, 1.54) is 219 Å². The number of nitrogens with zero attached hydrogens (tertiary/aromatic N) is 2. The van der Waals surface area contributed by atoms with E-state index in [4.69, 9.17) is 0 Å². The third-order valence-corrected chi connectivity index (χ3v) is 9.82. The summed E-state index contributed by atoms with van der Waals surface area (Å²) in [6.07, 6.45) is 51.5. The van der Waals surface area contributed by atoms with Gasteiger partial charge in [0.1, 0.15) is 6.17 Å². The first-order chi connectivity index (χ1) is 20.8. The number of unbranched alkanes of at least 4 members (excludes halogenated alkanes) is 28. The molecule has 0 aliphatic carbocycles. The molecule has 1 unspecified atom stereocenters. The molecule has 1 aliphatic rings. The monoisotopic (exact) mass is 589 g/mol. The molecule has 0 saturated heterocycles. The zero-order chi connectivity index (χ0) is 30.2. The summed E-state index contributed by atoms with van der Waals surface area (Å²) < 4.78 is 0. The zero-order valence-electron chi connectivity index (χ0n) is 29.7. The summed E-state index contributed by atoms with van der Waals surface area (Å²) in [6, 6.07) is 0. The van der Waals surface area contributed by atoms with E-state index in [1.54, 1.807) is 0 Å². The SMILES string of the molecule is CCCCCCCCCCCCCCCCC1N(CCCCCC)C=CN1CCCCCCCCCCCCCCC. The van der Waals surface area contributed by atoms with E-state index in [2.05, 4.69) is 43.0 Å². The summed E-state index contributed by atoms with van der Waals surface area (Å²) in [5, 5.41) is 0. The second-order valence-corrected chi connectivity index (χ2v) is 13.9. The van der Waals surface area contributed by atoms with Crippen molar-refractivity contribution in [2.75, 3.05) is 13.1 Å². The lowest BCUT2D eigenvalue weighted by Gasteiger charge is -2.33. The molecule has 0 N–H and O–H groups in total. The van der Waals surface area contributed by atoms with E-state index in [0.717, 1.165) is 0 Å². The third-order valence-electron chi connectivity index (χ3n) is 9.82. The fourth-order valence-corrected chi connectivity index (χ4v) is 6.89. The fourth-order valence-electron chi connectivity index (χ4n) is 6.89. The molecule has 42 heavy (non-hydrogen) atoms. The number of rotatable bonds is 34. The highest BCUT2D eigenvalue weighted by Crippen LogP contribution is 2.24. The normalized spacial score (nSPS) is 15.0. The van der Waals surface area contributed by atoms with Crippen molar-refractivity contribution in [3.63, 3.8) is 0 Å².